The molecule has 3 N–H and O–H groups in total. The molecule has 0 amide bonds. The lowest BCUT2D eigenvalue weighted by Crippen LogP contribution is -2.30. The van der Waals surface area contributed by atoms with Gasteiger partial charge in [0.1, 0.15) is 5.82 Å². The fourth-order valence-corrected chi connectivity index (χ4v) is 2.81. The van der Waals surface area contributed by atoms with E-state index in [4.69, 9.17) is 5.84 Å². The van der Waals surface area contributed by atoms with Crippen molar-refractivity contribution in [2.45, 2.75) is 12.5 Å². The van der Waals surface area contributed by atoms with Gasteiger partial charge in [0.2, 0.25) is 0 Å². The normalized spacial score (nSPS) is 12.6. The number of benzene rings is 1. The molecule has 2 aromatic rings. The molecule has 0 aliphatic heterocycles. The number of halogens is 2. The van der Waals surface area contributed by atoms with Gasteiger partial charge in [-0.1, -0.05) is 18.2 Å². The van der Waals surface area contributed by atoms with Gasteiger partial charge < -0.3 is 0 Å². The van der Waals surface area contributed by atoms with Gasteiger partial charge in [0, 0.05) is 16.9 Å². The summed E-state index contributed by atoms with van der Waals surface area (Å²) in [6.07, 6.45) is 0.682. The molecule has 0 bridgehead atoms. The summed E-state index contributed by atoms with van der Waals surface area (Å²) in [6, 6.07) is 9.01. The Morgan fingerprint density at radius 2 is 2.18 bits per heavy atom. The topological polar surface area (TPSA) is 38.0 Å². The van der Waals surface area contributed by atoms with E-state index in [0.29, 0.717) is 16.5 Å². The molecule has 2 nitrogen and oxygen atoms in total. The SMILES string of the molecule is NNC(Cc1cccs1)c1cccc(Br)c1F. The van der Waals surface area contributed by atoms with Crippen molar-refractivity contribution in [1.29, 1.82) is 0 Å². The first-order chi connectivity index (χ1) is 8.22. The van der Waals surface area contributed by atoms with Crippen LogP contribution in [0.25, 0.3) is 0 Å². The van der Waals surface area contributed by atoms with E-state index in [-0.39, 0.29) is 11.9 Å². The number of nitrogens with one attached hydrogen (secondary N) is 1. The third kappa shape index (κ3) is 2.93. The minimum absolute atomic E-state index is 0.217. The average Bonchev–Trinajstić information content (AvgIpc) is 2.83. The van der Waals surface area contributed by atoms with Gasteiger partial charge in [-0.3, -0.25) is 11.3 Å². The third-order valence-corrected chi connectivity index (χ3v) is 4.05. The summed E-state index contributed by atoms with van der Waals surface area (Å²) in [5.74, 6) is 5.26. The van der Waals surface area contributed by atoms with Crippen LogP contribution in [0, 0.1) is 5.82 Å². The van der Waals surface area contributed by atoms with Gasteiger partial charge in [0.05, 0.1) is 10.5 Å². The summed E-state index contributed by atoms with van der Waals surface area (Å²) in [7, 11) is 0. The van der Waals surface area contributed by atoms with Crippen molar-refractivity contribution in [2.75, 3.05) is 0 Å². The van der Waals surface area contributed by atoms with Crippen LogP contribution in [-0.2, 0) is 6.42 Å². The van der Waals surface area contributed by atoms with Gasteiger partial charge in [-0.15, -0.1) is 11.3 Å². The highest BCUT2D eigenvalue weighted by Crippen LogP contribution is 2.26. The fraction of sp³-hybridized carbons (Fsp3) is 0.167. The van der Waals surface area contributed by atoms with E-state index >= 15 is 0 Å². The van der Waals surface area contributed by atoms with E-state index in [1.165, 1.54) is 4.88 Å². The van der Waals surface area contributed by atoms with Crippen LogP contribution < -0.4 is 11.3 Å². The zero-order chi connectivity index (χ0) is 12.3. The quantitative estimate of drug-likeness (QED) is 0.670. The van der Waals surface area contributed by atoms with Crippen LogP contribution in [0.5, 0.6) is 0 Å². The third-order valence-electron chi connectivity index (χ3n) is 2.54. The first-order valence-corrected chi connectivity index (χ1v) is 6.82. The number of thiophene rings is 1. The first-order valence-electron chi connectivity index (χ1n) is 5.14. The van der Waals surface area contributed by atoms with Crippen LogP contribution in [0.3, 0.4) is 0 Å². The monoisotopic (exact) mass is 314 g/mol. The highest BCUT2D eigenvalue weighted by molar-refractivity contribution is 9.10. The lowest BCUT2D eigenvalue weighted by molar-refractivity contribution is 0.510. The summed E-state index contributed by atoms with van der Waals surface area (Å²) in [5, 5.41) is 2.00. The van der Waals surface area contributed by atoms with E-state index in [1.807, 2.05) is 17.5 Å². The zero-order valence-electron chi connectivity index (χ0n) is 8.99. The zero-order valence-corrected chi connectivity index (χ0v) is 11.4. The summed E-state index contributed by atoms with van der Waals surface area (Å²) >= 11 is 4.82. The van der Waals surface area contributed by atoms with Gasteiger partial charge in [-0.05, 0) is 33.4 Å². The molecular weight excluding hydrogens is 303 g/mol. The largest absolute Gasteiger partial charge is 0.271 e. The van der Waals surface area contributed by atoms with Crippen LogP contribution in [0.1, 0.15) is 16.5 Å². The second kappa shape index (κ2) is 5.73. The van der Waals surface area contributed by atoms with Crippen molar-refractivity contribution in [3.05, 3.63) is 56.4 Å². The predicted octanol–water partition coefficient (Wildman–Crippen LogP) is 3.40. The van der Waals surface area contributed by atoms with Crippen molar-refractivity contribution >= 4 is 27.3 Å². The maximum absolute atomic E-state index is 13.9. The number of hydrogen-bond acceptors (Lipinski definition) is 3. The molecule has 0 spiro atoms. The van der Waals surface area contributed by atoms with E-state index in [1.54, 1.807) is 29.5 Å². The molecule has 1 unspecified atom stereocenters. The Kier molecular flexibility index (Phi) is 4.28. The van der Waals surface area contributed by atoms with Gasteiger partial charge in [0.15, 0.2) is 0 Å². The number of nitrogens with two attached hydrogens (primary N) is 1. The average molecular weight is 315 g/mol. The minimum Gasteiger partial charge on any atom is -0.271 e. The highest BCUT2D eigenvalue weighted by Gasteiger charge is 2.16. The van der Waals surface area contributed by atoms with Gasteiger partial charge in [0.25, 0.3) is 0 Å². The predicted molar refractivity (Wildman–Crippen MR) is 72.2 cm³/mol. The molecule has 0 aliphatic rings. The van der Waals surface area contributed by atoms with Gasteiger partial charge in [-0.2, -0.15) is 0 Å². The van der Waals surface area contributed by atoms with Crippen LogP contribution in [-0.4, -0.2) is 0 Å². The summed E-state index contributed by atoms with van der Waals surface area (Å²) in [4.78, 5) is 1.17. The van der Waals surface area contributed by atoms with Crippen molar-refractivity contribution in [1.82, 2.24) is 5.43 Å². The molecule has 90 valence electrons. The smallest absolute Gasteiger partial charge is 0.142 e. The van der Waals surface area contributed by atoms with E-state index in [9.17, 15) is 4.39 Å². The number of hydrogen-bond donors (Lipinski definition) is 2. The molecule has 0 fully saturated rings. The molecule has 1 heterocycles. The molecule has 5 heteroatoms. The Morgan fingerprint density at radius 3 is 2.82 bits per heavy atom. The Labute approximate surface area is 112 Å². The molecule has 1 aromatic heterocycles. The summed E-state index contributed by atoms with van der Waals surface area (Å²) < 4.78 is 14.4. The first kappa shape index (κ1) is 12.7. The van der Waals surface area contributed by atoms with Crippen LogP contribution >= 0.6 is 27.3 Å². The van der Waals surface area contributed by atoms with Crippen molar-refractivity contribution in [3.63, 3.8) is 0 Å². The second-order valence-corrected chi connectivity index (χ2v) is 5.53. The summed E-state index contributed by atoms with van der Waals surface area (Å²) in [5.41, 5.74) is 3.25. The molecule has 1 atom stereocenters. The lowest BCUT2D eigenvalue weighted by atomic mass is 10.0. The fourth-order valence-electron chi connectivity index (χ4n) is 1.68. The van der Waals surface area contributed by atoms with Crippen LogP contribution in [0.2, 0.25) is 0 Å². The highest BCUT2D eigenvalue weighted by atomic mass is 79.9. The van der Waals surface area contributed by atoms with Crippen molar-refractivity contribution in [2.24, 2.45) is 5.84 Å². The molecule has 0 aliphatic carbocycles. The Balaban J connectivity index is 2.26. The summed E-state index contributed by atoms with van der Waals surface area (Å²) in [6.45, 7) is 0. The second-order valence-electron chi connectivity index (χ2n) is 3.65. The molecule has 1 aromatic carbocycles. The van der Waals surface area contributed by atoms with Crippen LogP contribution in [0.15, 0.2) is 40.2 Å². The lowest BCUT2D eigenvalue weighted by Gasteiger charge is -2.16. The van der Waals surface area contributed by atoms with Crippen molar-refractivity contribution in [3.8, 4) is 0 Å². The van der Waals surface area contributed by atoms with Gasteiger partial charge >= 0.3 is 0 Å². The molecule has 17 heavy (non-hydrogen) atoms. The van der Waals surface area contributed by atoms with Crippen LogP contribution in [0.4, 0.5) is 4.39 Å². The Morgan fingerprint density at radius 1 is 1.35 bits per heavy atom. The number of hydrazine groups is 1. The van der Waals surface area contributed by atoms with E-state index < -0.39 is 0 Å². The standard InChI is InChI=1S/C12H12BrFN2S/c13-10-5-1-4-9(12(10)14)11(16-15)7-8-3-2-6-17-8/h1-6,11,16H,7,15H2. The van der Waals surface area contributed by atoms with E-state index in [0.717, 1.165) is 0 Å². The van der Waals surface area contributed by atoms with E-state index in [2.05, 4.69) is 21.4 Å². The number of rotatable bonds is 4. The van der Waals surface area contributed by atoms with Crippen molar-refractivity contribution < 1.29 is 4.39 Å². The molecule has 0 saturated carbocycles. The Bertz CT molecular complexity index is 487. The molecular formula is C12H12BrFN2S. The maximum atomic E-state index is 13.9. The Hall–Kier alpha value is -0.750. The minimum atomic E-state index is -0.257. The molecule has 0 saturated heterocycles. The molecule has 2 rings (SSSR count). The molecule has 0 radical (unpaired) electrons. The van der Waals surface area contributed by atoms with Gasteiger partial charge in [-0.25, -0.2) is 4.39 Å². The maximum Gasteiger partial charge on any atom is 0.142 e.